The van der Waals surface area contributed by atoms with Gasteiger partial charge in [0.15, 0.2) is 0 Å². The molecule has 4 heteroatoms. The average Bonchev–Trinajstić information content (AvgIpc) is 2.26. The summed E-state index contributed by atoms with van der Waals surface area (Å²) < 4.78 is 0. The molecule has 0 spiro atoms. The summed E-state index contributed by atoms with van der Waals surface area (Å²) in [7, 11) is 0. The minimum Gasteiger partial charge on any atom is -0.480 e. The highest BCUT2D eigenvalue weighted by atomic mass is 32.2. The lowest BCUT2D eigenvalue weighted by Gasteiger charge is -2.40. The van der Waals surface area contributed by atoms with Crippen LogP contribution in [0.25, 0.3) is 0 Å². The zero-order chi connectivity index (χ0) is 12.2. The van der Waals surface area contributed by atoms with Crippen molar-refractivity contribution in [3.63, 3.8) is 0 Å². The van der Waals surface area contributed by atoms with Crippen molar-refractivity contribution in [2.24, 2.45) is 5.92 Å². The Morgan fingerprint density at radius 2 is 2.00 bits per heavy atom. The van der Waals surface area contributed by atoms with E-state index in [4.69, 9.17) is 0 Å². The van der Waals surface area contributed by atoms with Gasteiger partial charge in [0.25, 0.3) is 0 Å². The average molecular weight is 245 g/mol. The normalized spacial score (nSPS) is 22.0. The highest BCUT2D eigenvalue weighted by Gasteiger charge is 2.39. The SMILES string of the molecule is CC(C)CCC(C)(C(=O)O)N1CCSCC1. The van der Waals surface area contributed by atoms with Crippen molar-refractivity contribution in [3.8, 4) is 0 Å². The summed E-state index contributed by atoms with van der Waals surface area (Å²) in [5.74, 6) is 2.02. The van der Waals surface area contributed by atoms with E-state index in [9.17, 15) is 9.90 Å². The maximum Gasteiger partial charge on any atom is 0.323 e. The molecule has 1 unspecified atom stereocenters. The van der Waals surface area contributed by atoms with E-state index in [1.165, 1.54) is 0 Å². The second-order valence-corrected chi connectivity index (χ2v) is 6.34. The smallest absolute Gasteiger partial charge is 0.323 e. The van der Waals surface area contributed by atoms with E-state index in [0.29, 0.717) is 5.92 Å². The molecular formula is C12H23NO2S. The molecule has 0 bridgehead atoms. The van der Waals surface area contributed by atoms with Crippen molar-refractivity contribution < 1.29 is 9.90 Å². The third-order valence-electron chi connectivity index (χ3n) is 3.38. The fourth-order valence-electron chi connectivity index (χ4n) is 2.03. The first-order valence-electron chi connectivity index (χ1n) is 6.03. The molecule has 1 fully saturated rings. The molecule has 1 N–H and O–H groups in total. The largest absolute Gasteiger partial charge is 0.480 e. The summed E-state index contributed by atoms with van der Waals surface area (Å²) in [6.07, 6.45) is 1.73. The Labute approximate surface area is 103 Å². The molecule has 1 heterocycles. The summed E-state index contributed by atoms with van der Waals surface area (Å²) in [5, 5.41) is 9.45. The van der Waals surface area contributed by atoms with Gasteiger partial charge in [0.05, 0.1) is 0 Å². The van der Waals surface area contributed by atoms with Crippen LogP contribution in [0.3, 0.4) is 0 Å². The first-order valence-corrected chi connectivity index (χ1v) is 7.18. The van der Waals surface area contributed by atoms with Crippen molar-refractivity contribution in [2.75, 3.05) is 24.6 Å². The van der Waals surface area contributed by atoms with E-state index in [1.807, 2.05) is 18.7 Å². The number of aliphatic carboxylic acids is 1. The number of hydrogen-bond acceptors (Lipinski definition) is 3. The van der Waals surface area contributed by atoms with Crippen LogP contribution >= 0.6 is 11.8 Å². The summed E-state index contributed by atoms with van der Waals surface area (Å²) >= 11 is 1.92. The summed E-state index contributed by atoms with van der Waals surface area (Å²) in [4.78, 5) is 13.6. The maximum atomic E-state index is 11.5. The fraction of sp³-hybridized carbons (Fsp3) is 0.917. The molecule has 0 radical (unpaired) electrons. The lowest BCUT2D eigenvalue weighted by Crippen LogP contribution is -2.55. The van der Waals surface area contributed by atoms with Crippen molar-refractivity contribution in [2.45, 2.75) is 39.2 Å². The zero-order valence-electron chi connectivity index (χ0n) is 10.5. The van der Waals surface area contributed by atoms with Crippen LogP contribution in [-0.2, 0) is 4.79 Å². The Morgan fingerprint density at radius 3 is 2.44 bits per heavy atom. The Kier molecular flexibility index (Phi) is 5.12. The Morgan fingerprint density at radius 1 is 1.44 bits per heavy atom. The standard InChI is InChI=1S/C12H23NO2S/c1-10(2)4-5-12(3,11(14)15)13-6-8-16-9-7-13/h10H,4-9H2,1-3H3,(H,14,15). The number of thioether (sulfide) groups is 1. The molecule has 0 saturated carbocycles. The minimum atomic E-state index is -0.667. The number of hydrogen-bond donors (Lipinski definition) is 1. The highest BCUT2D eigenvalue weighted by Crippen LogP contribution is 2.27. The van der Waals surface area contributed by atoms with Gasteiger partial charge in [-0.3, -0.25) is 9.69 Å². The molecule has 1 atom stereocenters. The topological polar surface area (TPSA) is 40.5 Å². The van der Waals surface area contributed by atoms with Crippen LogP contribution in [0, 0.1) is 5.92 Å². The second-order valence-electron chi connectivity index (χ2n) is 5.11. The number of rotatable bonds is 5. The summed E-state index contributed by atoms with van der Waals surface area (Å²) in [5.41, 5.74) is -0.661. The van der Waals surface area contributed by atoms with Crippen LogP contribution in [0.1, 0.15) is 33.6 Å². The molecule has 0 amide bonds. The van der Waals surface area contributed by atoms with Crippen molar-refractivity contribution in [3.05, 3.63) is 0 Å². The van der Waals surface area contributed by atoms with Crippen LogP contribution in [-0.4, -0.2) is 46.1 Å². The van der Waals surface area contributed by atoms with Crippen molar-refractivity contribution >= 4 is 17.7 Å². The van der Waals surface area contributed by atoms with Crippen molar-refractivity contribution in [1.29, 1.82) is 0 Å². The third kappa shape index (κ3) is 3.39. The molecular weight excluding hydrogens is 222 g/mol. The van der Waals surface area contributed by atoms with Gasteiger partial charge < -0.3 is 5.11 Å². The fourth-order valence-corrected chi connectivity index (χ4v) is 2.93. The predicted molar refractivity (Wildman–Crippen MR) is 69.0 cm³/mol. The van der Waals surface area contributed by atoms with Crippen LogP contribution in [0.15, 0.2) is 0 Å². The molecule has 0 aliphatic carbocycles. The van der Waals surface area contributed by atoms with Crippen LogP contribution in [0.5, 0.6) is 0 Å². The monoisotopic (exact) mass is 245 g/mol. The molecule has 1 aliphatic heterocycles. The Balaban J connectivity index is 2.66. The van der Waals surface area contributed by atoms with E-state index < -0.39 is 11.5 Å². The van der Waals surface area contributed by atoms with Gasteiger partial charge >= 0.3 is 5.97 Å². The van der Waals surface area contributed by atoms with Gasteiger partial charge in [0.1, 0.15) is 5.54 Å². The highest BCUT2D eigenvalue weighted by molar-refractivity contribution is 7.99. The van der Waals surface area contributed by atoms with Gasteiger partial charge in [-0.2, -0.15) is 11.8 Å². The molecule has 0 aromatic carbocycles. The third-order valence-corrected chi connectivity index (χ3v) is 4.32. The van der Waals surface area contributed by atoms with Gasteiger partial charge in [-0.25, -0.2) is 0 Å². The van der Waals surface area contributed by atoms with Crippen LogP contribution < -0.4 is 0 Å². The number of carboxylic acid groups (broad SMARTS) is 1. The lowest BCUT2D eigenvalue weighted by molar-refractivity contribution is -0.151. The molecule has 0 aromatic rings. The number of carbonyl (C=O) groups is 1. The van der Waals surface area contributed by atoms with Gasteiger partial charge in [-0.1, -0.05) is 13.8 Å². The second kappa shape index (κ2) is 5.92. The van der Waals surface area contributed by atoms with E-state index in [0.717, 1.165) is 37.4 Å². The first-order chi connectivity index (χ1) is 7.47. The van der Waals surface area contributed by atoms with E-state index in [2.05, 4.69) is 18.7 Å². The molecule has 94 valence electrons. The van der Waals surface area contributed by atoms with Crippen LogP contribution in [0.2, 0.25) is 0 Å². The quantitative estimate of drug-likeness (QED) is 0.807. The maximum absolute atomic E-state index is 11.5. The van der Waals surface area contributed by atoms with E-state index >= 15 is 0 Å². The van der Waals surface area contributed by atoms with Gasteiger partial charge in [0.2, 0.25) is 0 Å². The Bertz CT molecular complexity index is 239. The Hall–Kier alpha value is -0.220. The molecule has 1 rings (SSSR count). The summed E-state index contributed by atoms with van der Waals surface area (Å²) in [6, 6.07) is 0. The molecule has 0 aromatic heterocycles. The zero-order valence-corrected chi connectivity index (χ0v) is 11.3. The predicted octanol–water partition coefficient (Wildman–Crippen LogP) is 2.31. The molecule has 1 saturated heterocycles. The molecule has 3 nitrogen and oxygen atoms in total. The van der Waals surface area contributed by atoms with Crippen LogP contribution in [0.4, 0.5) is 0 Å². The van der Waals surface area contributed by atoms with E-state index in [-0.39, 0.29) is 0 Å². The van der Waals surface area contributed by atoms with Gasteiger partial charge in [-0.15, -0.1) is 0 Å². The van der Waals surface area contributed by atoms with Crippen molar-refractivity contribution in [1.82, 2.24) is 4.90 Å². The van der Waals surface area contributed by atoms with Gasteiger partial charge in [0, 0.05) is 24.6 Å². The number of carboxylic acids is 1. The first kappa shape index (κ1) is 13.8. The minimum absolute atomic E-state index is 0.567. The van der Waals surface area contributed by atoms with Gasteiger partial charge in [-0.05, 0) is 25.7 Å². The summed E-state index contributed by atoms with van der Waals surface area (Å²) in [6.45, 7) is 7.99. The lowest BCUT2D eigenvalue weighted by atomic mass is 9.90. The number of nitrogens with zero attached hydrogens (tertiary/aromatic N) is 1. The molecule has 1 aliphatic rings. The van der Waals surface area contributed by atoms with E-state index in [1.54, 1.807) is 0 Å². The molecule has 16 heavy (non-hydrogen) atoms.